The number of nitrogens with zero attached hydrogens (tertiary/aromatic N) is 1. The molecular formula is C14H16N4O2. The molecule has 0 radical (unpaired) electrons. The highest BCUT2D eigenvalue weighted by Gasteiger charge is 2.19. The van der Waals surface area contributed by atoms with E-state index < -0.39 is 0 Å². The Kier molecular flexibility index (Phi) is 3.39. The number of para-hydroxylation sites is 1. The molecule has 3 rings (SSSR count). The predicted molar refractivity (Wildman–Crippen MR) is 74.9 cm³/mol. The van der Waals surface area contributed by atoms with Crippen LogP contribution in [-0.2, 0) is 13.0 Å². The number of anilines is 1. The molecule has 3 N–H and O–H groups in total. The lowest BCUT2D eigenvalue weighted by Crippen LogP contribution is -2.24. The third-order valence-corrected chi connectivity index (χ3v) is 3.39. The monoisotopic (exact) mass is 272 g/mol. The van der Waals surface area contributed by atoms with Crippen molar-refractivity contribution in [3.05, 3.63) is 41.1 Å². The summed E-state index contributed by atoms with van der Waals surface area (Å²) in [6.45, 7) is 1.65. The lowest BCUT2D eigenvalue weighted by atomic mass is 10.1. The molecular weight excluding hydrogens is 256 g/mol. The second-order valence-electron chi connectivity index (χ2n) is 4.61. The fourth-order valence-corrected chi connectivity index (χ4v) is 2.35. The van der Waals surface area contributed by atoms with Crippen LogP contribution in [0.25, 0.3) is 0 Å². The van der Waals surface area contributed by atoms with E-state index in [-0.39, 0.29) is 5.91 Å². The molecule has 6 heteroatoms. The molecule has 1 aliphatic heterocycles. The van der Waals surface area contributed by atoms with E-state index in [4.69, 9.17) is 4.74 Å². The summed E-state index contributed by atoms with van der Waals surface area (Å²) in [5.74, 6) is 0.948. The number of hydrogen-bond donors (Lipinski definition) is 3. The number of hydrogen-bond acceptors (Lipinski definition) is 4. The van der Waals surface area contributed by atoms with Crippen molar-refractivity contribution >= 4 is 11.7 Å². The summed E-state index contributed by atoms with van der Waals surface area (Å²) in [6.07, 6.45) is 0.855. The summed E-state index contributed by atoms with van der Waals surface area (Å²) in [6, 6.07) is 7.13. The average Bonchev–Trinajstić information content (AvgIpc) is 2.90. The number of ether oxygens (including phenoxy) is 1. The third kappa shape index (κ3) is 2.25. The highest BCUT2D eigenvalue weighted by atomic mass is 16.5. The molecule has 1 amide bonds. The van der Waals surface area contributed by atoms with Crippen molar-refractivity contribution < 1.29 is 9.53 Å². The second-order valence-corrected chi connectivity index (χ2v) is 4.61. The number of rotatable bonds is 3. The van der Waals surface area contributed by atoms with Gasteiger partial charge in [0.05, 0.1) is 18.4 Å². The van der Waals surface area contributed by atoms with Gasteiger partial charge < -0.3 is 15.4 Å². The first-order valence-electron chi connectivity index (χ1n) is 6.51. The number of nitrogens with one attached hydrogen (secondary N) is 3. The fourth-order valence-electron chi connectivity index (χ4n) is 2.35. The summed E-state index contributed by atoms with van der Waals surface area (Å²) >= 11 is 0. The molecule has 0 spiro atoms. The number of amides is 1. The summed E-state index contributed by atoms with van der Waals surface area (Å²) in [7, 11) is 1.55. The molecule has 0 saturated carbocycles. The quantitative estimate of drug-likeness (QED) is 0.787. The molecule has 0 bridgehead atoms. The van der Waals surface area contributed by atoms with E-state index in [0.29, 0.717) is 17.1 Å². The van der Waals surface area contributed by atoms with Gasteiger partial charge in [-0.25, -0.2) is 0 Å². The van der Waals surface area contributed by atoms with Crippen molar-refractivity contribution in [2.45, 2.75) is 13.0 Å². The Hall–Kier alpha value is -2.34. The molecule has 1 aromatic carbocycles. The highest BCUT2D eigenvalue weighted by molar-refractivity contribution is 6.06. The average molecular weight is 272 g/mol. The van der Waals surface area contributed by atoms with Crippen molar-refractivity contribution in [2.75, 3.05) is 19.0 Å². The minimum absolute atomic E-state index is 0.213. The van der Waals surface area contributed by atoms with Gasteiger partial charge in [-0.05, 0) is 25.1 Å². The third-order valence-electron chi connectivity index (χ3n) is 3.39. The molecule has 6 nitrogen and oxygen atoms in total. The number of aromatic amines is 1. The van der Waals surface area contributed by atoms with E-state index in [1.807, 2.05) is 6.07 Å². The number of fused-ring (bicyclic) bond motifs is 1. The smallest absolute Gasteiger partial charge is 0.260 e. The van der Waals surface area contributed by atoms with Crippen LogP contribution in [0.2, 0.25) is 0 Å². The minimum Gasteiger partial charge on any atom is -0.496 e. The van der Waals surface area contributed by atoms with Crippen molar-refractivity contribution in [1.82, 2.24) is 15.5 Å². The van der Waals surface area contributed by atoms with Crippen LogP contribution >= 0.6 is 0 Å². The molecule has 0 atom stereocenters. The summed E-state index contributed by atoms with van der Waals surface area (Å²) in [4.78, 5) is 12.3. The van der Waals surface area contributed by atoms with Crippen LogP contribution in [0, 0.1) is 0 Å². The second kappa shape index (κ2) is 5.34. The van der Waals surface area contributed by atoms with Gasteiger partial charge in [-0.1, -0.05) is 12.1 Å². The Bertz CT molecular complexity index is 636. The maximum atomic E-state index is 12.3. The van der Waals surface area contributed by atoms with Gasteiger partial charge in [-0.3, -0.25) is 9.89 Å². The van der Waals surface area contributed by atoms with Crippen LogP contribution < -0.4 is 15.4 Å². The number of aromatic nitrogens is 2. The van der Waals surface area contributed by atoms with Crippen molar-refractivity contribution in [2.24, 2.45) is 0 Å². The lowest BCUT2D eigenvalue weighted by Gasteiger charge is -2.13. The topological polar surface area (TPSA) is 79.0 Å². The van der Waals surface area contributed by atoms with Crippen LogP contribution in [0.4, 0.5) is 5.82 Å². The van der Waals surface area contributed by atoms with E-state index in [1.165, 1.54) is 0 Å². The fraction of sp³-hybridized carbons (Fsp3) is 0.286. The summed E-state index contributed by atoms with van der Waals surface area (Å²) in [5.41, 5.74) is 2.61. The van der Waals surface area contributed by atoms with Crippen molar-refractivity contribution in [3.63, 3.8) is 0 Å². The predicted octanol–water partition coefficient (Wildman–Crippen LogP) is 1.32. The van der Waals surface area contributed by atoms with Crippen molar-refractivity contribution in [3.8, 4) is 5.75 Å². The van der Waals surface area contributed by atoms with Gasteiger partial charge in [0.1, 0.15) is 5.75 Å². The van der Waals surface area contributed by atoms with E-state index >= 15 is 0 Å². The molecule has 0 unspecified atom stereocenters. The van der Waals surface area contributed by atoms with Crippen LogP contribution in [0.3, 0.4) is 0 Å². The molecule has 104 valence electrons. The van der Waals surface area contributed by atoms with Crippen LogP contribution in [0.1, 0.15) is 21.6 Å². The van der Waals surface area contributed by atoms with Gasteiger partial charge in [0.15, 0.2) is 5.82 Å². The summed E-state index contributed by atoms with van der Waals surface area (Å²) < 4.78 is 5.20. The van der Waals surface area contributed by atoms with Gasteiger partial charge in [0.25, 0.3) is 5.91 Å². The lowest BCUT2D eigenvalue weighted by molar-refractivity contribution is 0.102. The largest absolute Gasteiger partial charge is 0.496 e. The first-order valence-corrected chi connectivity index (χ1v) is 6.51. The Morgan fingerprint density at radius 2 is 2.25 bits per heavy atom. The normalized spacial score (nSPS) is 13.7. The first-order chi connectivity index (χ1) is 9.79. The van der Waals surface area contributed by atoms with Gasteiger partial charge in [0, 0.05) is 12.1 Å². The van der Waals surface area contributed by atoms with Gasteiger partial charge in [0.2, 0.25) is 0 Å². The van der Waals surface area contributed by atoms with Crippen LogP contribution in [0.15, 0.2) is 24.3 Å². The summed E-state index contributed by atoms with van der Waals surface area (Å²) in [5, 5.41) is 13.2. The minimum atomic E-state index is -0.213. The molecule has 0 saturated heterocycles. The molecule has 1 aromatic heterocycles. The molecule has 20 heavy (non-hydrogen) atoms. The van der Waals surface area contributed by atoms with Gasteiger partial charge >= 0.3 is 0 Å². The Labute approximate surface area is 116 Å². The van der Waals surface area contributed by atoms with E-state index in [9.17, 15) is 4.79 Å². The number of carbonyl (C=O) groups is 1. The Balaban J connectivity index is 1.84. The van der Waals surface area contributed by atoms with Gasteiger partial charge in [-0.2, -0.15) is 5.10 Å². The molecule has 2 heterocycles. The number of carbonyl (C=O) groups excluding carboxylic acids is 1. The zero-order valence-electron chi connectivity index (χ0n) is 11.2. The zero-order valence-corrected chi connectivity index (χ0v) is 11.2. The standard InChI is InChI=1S/C14H16N4O2/c1-20-12-5-3-2-4-10(12)14(19)16-13-9-6-7-15-8-11(9)17-18-13/h2-5,15H,6-8H2,1H3,(H2,16,17,18,19). The SMILES string of the molecule is COc1ccccc1C(=O)Nc1n[nH]c2c1CCNC2. The Morgan fingerprint density at radius 1 is 1.40 bits per heavy atom. The van der Waals surface area contributed by atoms with E-state index in [1.54, 1.807) is 25.3 Å². The molecule has 2 aromatic rings. The molecule has 1 aliphatic rings. The van der Waals surface area contributed by atoms with Gasteiger partial charge in [-0.15, -0.1) is 0 Å². The molecule has 0 fully saturated rings. The maximum absolute atomic E-state index is 12.3. The first kappa shape index (κ1) is 12.7. The Morgan fingerprint density at radius 3 is 3.10 bits per heavy atom. The molecule has 0 aliphatic carbocycles. The maximum Gasteiger partial charge on any atom is 0.260 e. The zero-order chi connectivity index (χ0) is 13.9. The highest BCUT2D eigenvalue weighted by Crippen LogP contribution is 2.23. The van der Waals surface area contributed by atoms with E-state index in [0.717, 1.165) is 30.8 Å². The van der Waals surface area contributed by atoms with E-state index in [2.05, 4.69) is 20.8 Å². The van der Waals surface area contributed by atoms with Crippen molar-refractivity contribution in [1.29, 1.82) is 0 Å². The van der Waals surface area contributed by atoms with Crippen LogP contribution in [-0.4, -0.2) is 29.8 Å². The number of methoxy groups -OCH3 is 1. The number of benzene rings is 1. The number of H-pyrrole nitrogens is 1. The van der Waals surface area contributed by atoms with Crippen LogP contribution in [0.5, 0.6) is 5.75 Å².